The molecule has 2 heterocycles. The number of aromatic nitrogens is 1. The second-order valence-electron chi connectivity index (χ2n) is 6.18. The van der Waals surface area contributed by atoms with E-state index in [1.165, 1.54) is 19.2 Å². The predicted octanol–water partition coefficient (Wildman–Crippen LogP) is 3.58. The molecule has 9 heteroatoms. The molecule has 0 saturated carbocycles. The van der Waals surface area contributed by atoms with Crippen LogP contribution in [0.3, 0.4) is 0 Å². The van der Waals surface area contributed by atoms with E-state index in [-0.39, 0.29) is 23.6 Å². The Morgan fingerprint density at radius 3 is 2.58 bits per heavy atom. The average Bonchev–Trinajstić information content (AvgIpc) is 2.53. The first kappa shape index (κ1) is 18.4. The van der Waals surface area contributed by atoms with E-state index in [1.807, 2.05) is 0 Å². The number of nitrogens with zero attached hydrogens (tertiary/aromatic N) is 2. The van der Waals surface area contributed by atoms with Gasteiger partial charge in [0, 0.05) is 12.6 Å². The number of carbonyl (C=O) groups excluding carboxylic acids is 1. The Labute approximate surface area is 148 Å². The van der Waals surface area contributed by atoms with Gasteiger partial charge in [-0.05, 0) is 43.7 Å². The number of halogens is 3. The van der Waals surface area contributed by atoms with Crippen LogP contribution < -0.4 is 4.31 Å². The summed E-state index contributed by atoms with van der Waals surface area (Å²) in [5, 5.41) is 0. The molecule has 0 bridgehead atoms. The number of ketones is 1. The van der Waals surface area contributed by atoms with Crippen LogP contribution in [0.1, 0.15) is 35.0 Å². The van der Waals surface area contributed by atoms with Gasteiger partial charge in [0.05, 0.1) is 22.2 Å². The smallest absolute Gasteiger partial charge is 0.292 e. The quantitative estimate of drug-likeness (QED) is 0.794. The maximum absolute atomic E-state index is 13.1. The first-order valence-corrected chi connectivity index (χ1v) is 9.17. The molecule has 1 aromatic carbocycles. The molecule has 0 fully saturated rings. The molecular weight excluding hydrogens is 369 g/mol. The number of pyridine rings is 1. The van der Waals surface area contributed by atoms with Crippen LogP contribution in [0.15, 0.2) is 41.4 Å². The van der Waals surface area contributed by atoms with Crippen molar-refractivity contribution in [3.63, 3.8) is 0 Å². The van der Waals surface area contributed by atoms with Gasteiger partial charge in [-0.15, -0.1) is 0 Å². The Balaban J connectivity index is 2.18. The molecule has 0 spiro atoms. The van der Waals surface area contributed by atoms with Crippen LogP contribution in [0.5, 0.6) is 0 Å². The molecule has 0 radical (unpaired) electrons. The Kier molecular flexibility index (Phi) is 4.30. The highest BCUT2D eigenvalue weighted by molar-refractivity contribution is 7.92. The molecule has 2 aromatic rings. The molecule has 1 atom stereocenters. The van der Waals surface area contributed by atoms with E-state index in [4.69, 9.17) is 0 Å². The zero-order valence-electron chi connectivity index (χ0n) is 13.9. The summed E-state index contributed by atoms with van der Waals surface area (Å²) < 4.78 is 66.0. The van der Waals surface area contributed by atoms with Gasteiger partial charge in [-0.25, -0.2) is 8.42 Å². The molecule has 1 aliphatic rings. The Hall–Kier alpha value is -2.42. The van der Waals surface area contributed by atoms with Crippen LogP contribution in [-0.4, -0.2) is 25.2 Å². The molecule has 0 aliphatic carbocycles. The predicted molar refractivity (Wildman–Crippen MR) is 88.5 cm³/mol. The van der Waals surface area contributed by atoms with Gasteiger partial charge in [-0.1, -0.05) is 6.07 Å². The van der Waals surface area contributed by atoms with Gasteiger partial charge < -0.3 is 0 Å². The molecule has 0 N–H and O–H groups in total. The number of hydrogen-bond donors (Lipinski definition) is 0. The zero-order valence-corrected chi connectivity index (χ0v) is 14.7. The number of fused-ring (bicyclic) bond motifs is 1. The van der Waals surface area contributed by atoms with E-state index in [0.717, 1.165) is 22.5 Å². The molecule has 1 aromatic heterocycles. The molecule has 138 valence electrons. The largest absolute Gasteiger partial charge is 0.416 e. The number of sulfonamides is 1. The van der Waals surface area contributed by atoms with Crippen LogP contribution in [-0.2, 0) is 16.2 Å². The van der Waals surface area contributed by atoms with Crippen LogP contribution >= 0.6 is 0 Å². The number of aryl methyl sites for hydroxylation is 1. The fourth-order valence-electron chi connectivity index (χ4n) is 2.93. The summed E-state index contributed by atoms with van der Waals surface area (Å²) in [5.41, 5.74) is -0.327. The lowest BCUT2D eigenvalue weighted by Gasteiger charge is -2.34. The summed E-state index contributed by atoms with van der Waals surface area (Å²) in [6.45, 7) is 3.22. The van der Waals surface area contributed by atoms with Crippen molar-refractivity contribution >= 4 is 21.5 Å². The van der Waals surface area contributed by atoms with Crippen molar-refractivity contribution in [2.24, 2.45) is 0 Å². The number of carbonyl (C=O) groups is 1. The van der Waals surface area contributed by atoms with E-state index in [1.54, 1.807) is 6.92 Å². The lowest BCUT2D eigenvalue weighted by Crippen LogP contribution is -2.44. The topological polar surface area (TPSA) is 67.3 Å². The second kappa shape index (κ2) is 6.08. The number of hydrogen-bond acceptors (Lipinski definition) is 4. The van der Waals surface area contributed by atoms with Crippen LogP contribution in [0.4, 0.5) is 18.9 Å². The van der Waals surface area contributed by atoms with Gasteiger partial charge in [0.25, 0.3) is 10.0 Å². The maximum atomic E-state index is 13.1. The highest BCUT2D eigenvalue weighted by Gasteiger charge is 2.39. The molecule has 3 rings (SSSR count). The molecular formula is C17H15F3N2O3S. The van der Waals surface area contributed by atoms with Crippen molar-refractivity contribution in [1.29, 1.82) is 0 Å². The summed E-state index contributed by atoms with van der Waals surface area (Å²) >= 11 is 0. The maximum Gasteiger partial charge on any atom is 0.416 e. The van der Waals surface area contributed by atoms with E-state index < -0.39 is 32.7 Å². The van der Waals surface area contributed by atoms with E-state index >= 15 is 0 Å². The summed E-state index contributed by atoms with van der Waals surface area (Å²) in [6, 6.07) is 4.32. The lowest BCUT2D eigenvalue weighted by atomic mass is 10.0. The minimum atomic E-state index is -4.66. The molecule has 26 heavy (non-hydrogen) atoms. The Morgan fingerprint density at radius 2 is 1.92 bits per heavy atom. The third-order valence-electron chi connectivity index (χ3n) is 4.11. The van der Waals surface area contributed by atoms with Crippen molar-refractivity contribution in [2.45, 2.75) is 37.4 Å². The van der Waals surface area contributed by atoms with Gasteiger partial charge in [0.1, 0.15) is 5.69 Å². The van der Waals surface area contributed by atoms with Crippen molar-refractivity contribution in [2.75, 3.05) is 4.31 Å². The highest BCUT2D eigenvalue weighted by atomic mass is 32.2. The van der Waals surface area contributed by atoms with E-state index in [2.05, 4.69) is 4.98 Å². The summed E-state index contributed by atoms with van der Waals surface area (Å²) in [7, 11) is -4.31. The lowest BCUT2D eigenvalue weighted by molar-refractivity contribution is -0.137. The number of anilines is 1. The third-order valence-corrected chi connectivity index (χ3v) is 6.03. The highest BCUT2D eigenvalue weighted by Crippen LogP contribution is 2.36. The molecule has 0 saturated heterocycles. The van der Waals surface area contributed by atoms with E-state index in [0.29, 0.717) is 11.6 Å². The molecule has 0 unspecified atom stereocenters. The normalized spacial score (nSPS) is 18.0. The first-order chi connectivity index (χ1) is 12.0. The zero-order chi connectivity index (χ0) is 19.3. The number of benzene rings is 1. The SMILES string of the molecule is Cc1cnc2c(c1)N(S(=O)(=O)c1cccc(C(F)(F)F)c1)[C@@H](C)CC2=O. The number of rotatable bonds is 2. The van der Waals surface area contributed by atoms with Gasteiger partial charge in [-0.3, -0.25) is 14.1 Å². The number of Topliss-reactive ketones (excluding diaryl/α,β-unsaturated/α-hetero) is 1. The van der Waals surface area contributed by atoms with Gasteiger partial charge in [-0.2, -0.15) is 13.2 Å². The van der Waals surface area contributed by atoms with Crippen LogP contribution in [0.25, 0.3) is 0 Å². The standard InChI is InChI=1S/C17H15F3N2O3S/c1-10-6-14-16(21-9-10)15(23)7-11(2)22(14)26(24,25)13-5-3-4-12(8-13)17(18,19)20/h3-6,8-9,11H,7H2,1-2H3/t11-/m0/s1. The minimum absolute atomic E-state index is 0.00394. The third kappa shape index (κ3) is 3.07. The fraction of sp³-hybridized carbons (Fsp3) is 0.294. The van der Waals surface area contributed by atoms with Crippen LogP contribution in [0, 0.1) is 6.92 Å². The van der Waals surface area contributed by atoms with Gasteiger partial charge >= 0.3 is 6.18 Å². The molecule has 1 aliphatic heterocycles. The summed E-state index contributed by atoms with van der Waals surface area (Å²) in [5.74, 6) is -0.303. The Bertz CT molecular complexity index is 987. The van der Waals surface area contributed by atoms with Crippen LogP contribution in [0.2, 0.25) is 0 Å². The van der Waals surface area contributed by atoms with Crippen molar-refractivity contribution in [3.05, 3.63) is 53.3 Å². The minimum Gasteiger partial charge on any atom is -0.292 e. The second-order valence-corrected chi connectivity index (χ2v) is 8.00. The van der Waals surface area contributed by atoms with Crippen molar-refractivity contribution in [1.82, 2.24) is 4.98 Å². The molecule has 5 nitrogen and oxygen atoms in total. The summed E-state index contributed by atoms with van der Waals surface area (Å²) in [4.78, 5) is 15.7. The first-order valence-electron chi connectivity index (χ1n) is 7.73. The van der Waals surface area contributed by atoms with Crippen molar-refractivity contribution in [3.8, 4) is 0 Å². The van der Waals surface area contributed by atoms with Crippen molar-refractivity contribution < 1.29 is 26.4 Å². The van der Waals surface area contributed by atoms with Gasteiger partial charge in [0.2, 0.25) is 0 Å². The Morgan fingerprint density at radius 1 is 1.23 bits per heavy atom. The molecule has 0 amide bonds. The summed E-state index contributed by atoms with van der Waals surface area (Å²) in [6.07, 6.45) is -3.31. The number of alkyl halides is 3. The average molecular weight is 384 g/mol. The fourth-order valence-corrected chi connectivity index (χ4v) is 4.63. The van der Waals surface area contributed by atoms with Gasteiger partial charge in [0.15, 0.2) is 5.78 Å². The van der Waals surface area contributed by atoms with E-state index in [9.17, 15) is 26.4 Å². The monoisotopic (exact) mass is 384 g/mol.